The van der Waals surface area contributed by atoms with Crippen molar-refractivity contribution in [1.82, 2.24) is 10.2 Å². The largest absolute Gasteiger partial charge is 0.311 e. The molecule has 0 bridgehead atoms. The van der Waals surface area contributed by atoms with Crippen LogP contribution in [0.5, 0.6) is 0 Å². The molecule has 1 spiro atoms. The zero-order valence-electron chi connectivity index (χ0n) is 9.68. The molecule has 0 aromatic carbocycles. The van der Waals surface area contributed by atoms with E-state index in [1.165, 1.54) is 51.7 Å². The molecule has 0 amide bonds. The Kier molecular flexibility index (Phi) is 3.13. The molecule has 2 fully saturated rings. The van der Waals surface area contributed by atoms with Crippen LogP contribution in [0.2, 0.25) is 0 Å². The van der Waals surface area contributed by atoms with Crippen molar-refractivity contribution < 1.29 is 0 Å². The van der Waals surface area contributed by atoms with Crippen molar-refractivity contribution in [2.75, 3.05) is 19.6 Å². The van der Waals surface area contributed by atoms with E-state index in [0.29, 0.717) is 5.54 Å². The van der Waals surface area contributed by atoms with Crippen molar-refractivity contribution in [1.29, 1.82) is 0 Å². The molecule has 2 rings (SSSR count). The second-order valence-corrected chi connectivity index (χ2v) is 5.10. The number of nitrogens with one attached hydrogen (secondary N) is 1. The fraction of sp³-hybridized carbons (Fsp3) is 1.00. The van der Waals surface area contributed by atoms with Crippen molar-refractivity contribution in [2.24, 2.45) is 0 Å². The van der Waals surface area contributed by atoms with E-state index >= 15 is 0 Å². The number of rotatable bonds is 2. The third-order valence-electron chi connectivity index (χ3n) is 4.30. The summed E-state index contributed by atoms with van der Waals surface area (Å²) in [5, 5.41) is 3.72. The zero-order valence-corrected chi connectivity index (χ0v) is 9.68. The van der Waals surface area contributed by atoms with Gasteiger partial charge in [-0.3, -0.25) is 0 Å². The third-order valence-corrected chi connectivity index (χ3v) is 4.30. The maximum absolute atomic E-state index is 3.72. The highest BCUT2D eigenvalue weighted by molar-refractivity contribution is 4.97. The minimum Gasteiger partial charge on any atom is -0.311 e. The van der Waals surface area contributed by atoms with Crippen LogP contribution in [-0.4, -0.2) is 36.1 Å². The Labute approximate surface area is 88.1 Å². The van der Waals surface area contributed by atoms with E-state index < -0.39 is 0 Å². The number of nitrogens with zero attached hydrogens (tertiary/aromatic N) is 1. The van der Waals surface area contributed by atoms with Crippen LogP contribution in [0.3, 0.4) is 0 Å². The minimum atomic E-state index is 0.546. The molecule has 2 saturated heterocycles. The molecule has 1 atom stereocenters. The summed E-state index contributed by atoms with van der Waals surface area (Å²) in [6.45, 7) is 8.52. The number of piperidine rings is 1. The Morgan fingerprint density at radius 3 is 2.50 bits per heavy atom. The van der Waals surface area contributed by atoms with Crippen LogP contribution in [0.15, 0.2) is 0 Å². The minimum absolute atomic E-state index is 0.546. The summed E-state index contributed by atoms with van der Waals surface area (Å²) in [6, 6.07) is 0.786. The number of likely N-dealkylation sites (tertiary alicyclic amines) is 1. The second-order valence-electron chi connectivity index (χ2n) is 5.10. The van der Waals surface area contributed by atoms with Crippen LogP contribution < -0.4 is 5.32 Å². The Morgan fingerprint density at radius 1 is 1.29 bits per heavy atom. The molecule has 0 saturated carbocycles. The molecular weight excluding hydrogens is 172 g/mol. The lowest BCUT2D eigenvalue weighted by molar-refractivity contribution is 0.112. The second kappa shape index (κ2) is 4.19. The maximum Gasteiger partial charge on any atom is 0.0206 e. The lowest BCUT2D eigenvalue weighted by Gasteiger charge is -2.41. The predicted molar refractivity (Wildman–Crippen MR) is 60.5 cm³/mol. The summed E-state index contributed by atoms with van der Waals surface area (Å²) in [6.07, 6.45) is 6.85. The molecule has 1 unspecified atom stereocenters. The van der Waals surface area contributed by atoms with Crippen molar-refractivity contribution in [2.45, 2.75) is 57.5 Å². The van der Waals surface area contributed by atoms with Crippen molar-refractivity contribution in [3.63, 3.8) is 0 Å². The van der Waals surface area contributed by atoms with E-state index in [1.54, 1.807) is 0 Å². The van der Waals surface area contributed by atoms with Gasteiger partial charge in [0.05, 0.1) is 0 Å². The monoisotopic (exact) mass is 196 g/mol. The van der Waals surface area contributed by atoms with E-state index in [1.807, 2.05) is 0 Å². The Morgan fingerprint density at radius 2 is 2.00 bits per heavy atom. The van der Waals surface area contributed by atoms with Crippen molar-refractivity contribution in [3.8, 4) is 0 Å². The SMILES string of the molecule is CCC(C)N1CCC2(CCCN2)CC1. The van der Waals surface area contributed by atoms with Gasteiger partial charge in [0.25, 0.3) is 0 Å². The first-order chi connectivity index (χ1) is 6.76. The first kappa shape index (κ1) is 10.4. The van der Waals surface area contributed by atoms with E-state index in [-0.39, 0.29) is 0 Å². The first-order valence-corrected chi connectivity index (χ1v) is 6.25. The molecule has 82 valence electrons. The normalized spacial score (nSPS) is 29.6. The van der Waals surface area contributed by atoms with Gasteiger partial charge < -0.3 is 10.2 Å². The molecule has 2 heteroatoms. The van der Waals surface area contributed by atoms with Gasteiger partial charge in [-0.2, -0.15) is 0 Å². The van der Waals surface area contributed by atoms with E-state index in [9.17, 15) is 0 Å². The molecule has 0 aromatic rings. The molecule has 2 aliphatic heterocycles. The van der Waals surface area contributed by atoms with Crippen LogP contribution in [0.4, 0.5) is 0 Å². The summed E-state index contributed by atoms with van der Waals surface area (Å²) >= 11 is 0. The Balaban J connectivity index is 1.85. The van der Waals surface area contributed by atoms with Gasteiger partial charge in [0.2, 0.25) is 0 Å². The summed E-state index contributed by atoms with van der Waals surface area (Å²) in [7, 11) is 0. The lowest BCUT2D eigenvalue weighted by Crippen LogP contribution is -2.51. The van der Waals surface area contributed by atoms with Crippen molar-refractivity contribution >= 4 is 0 Å². The highest BCUT2D eigenvalue weighted by atomic mass is 15.2. The molecule has 0 aliphatic carbocycles. The zero-order chi connectivity index (χ0) is 10.0. The third kappa shape index (κ3) is 1.96. The highest BCUT2D eigenvalue weighted by Gasteiger charge is 2.37. The fourth-order valence-electron chi connectivity index (χ4n) is 2.95. The number of hydrogen-bond acceptors (Lipinski definition) is 2. The highest BCUT2D eigenvalue weighted by Crippen LogP contribution is 2.31. The quantitative estimate of drug-likeness (QED) is 0.727. The summed E-state index contributed by atoms with van der Waals surface area (Å²) in [4.78, 5) is 2.66. The van der Waals surface area contributed by atoms with Gasteiger partial charge in [-0.25, -0.2) is 0 Å². The van der Waals surface area contributed by atoms with Crippen LogP contribution in [-0.2, 0) is 0 Å². The molecule has 1 N–H and O–H groups in total. The lowest BCUT2D eigenvalue weighted by atomic mass is 9.85. The number of hydrogen-bond donors (Lipinski definition) is 1. The van der Waals surface area contributed by atoms with E-state index in [0.717, 1.165) is 6.04 Å². The molecule has 0 aromatic heterocycles. The molecule has 14 heavy (non-hydrogen) atoms. The van der Waals surface area contributed by atoms with Gasteiger partial charge in [-0.15, -0.1) is 0 Å². The molecule has 2 nitrogen and oxygen atoms in total. The van der Waals surface area contributed by atoms with Gasteiger partial charge in [0.15, 0.2) is 0 Å². The topological polar surface area (TPSA) is 15.3 Å². The Bertz CT molecular complexity index is 175. The van der Waals surface area contributed by atoms with Gasteiger partial charge >= 0.3 is 0 Å². The average Bonchev–Trinajstić information content (AvgIpc) is 2.67. The van der Waals surface area contributed by atoms with E-state index in [2.05, 4.69) is 24.1 Å². The molecule has 2 heterocycles. The Hall–Kier alpha value is -0.0800. The first-order valence-electron chi connectivity index (χ1n) is 6.25. The maximum atomic E-state index is 3.72. The van der Waals surface area contributed by atoms with Gasteiger partial charge in [0.1, 0.15) is 0 Å². The van der Waals surface area contributed by atoms with Crippen LogP contribution in [0.25, 0.3) is 0 Å². The van der Waals surface area contributed by atoms with E-state index in [4.69, 9.17) is 0 Å². The smallest absolute Gasteiger partial charge is 0.0206 e. The van der Waals surface area contributed by atoms with Gasteiger partial charge in [0, 0.05) is 24.7 Å². The molecule has 2 aliphatic rings. The molecular formula is C12H24N2. The summed E-state index contributed by atoms with van der Waals surface area (Å²) in [5.74, 6) is 0. The van der Waals surface area contributed by atoms with Crippen molar-refractivity contribution in [3.05, 3.63) is 0 Å². The van der Waals surface area contributed by atoms with Gasteiger partial charge in [-0.05, 0) is 45.6 Å². The van der Waals surface area contributed by atoms with Crippen LogP contribution in [0.1, 0.15) is 46.0 Å². The van der Waals surface area contributed by atoms with Crippen LogP contribution in [0, 0.1) is 0 Å². The average molecular weight is 196 g/mol. The summed E-state index contributed by atoms with van der Waals surface area (Å²) in [5.41, 5.74) is 0.546. The molecule has 0 radical (unpaired) electrons. The fourth-order valence-corrected chi connectivity index (χ4v) is 2.95. The summed E-state index contributed by atoms with van der Waals surface area (Å²) < 4.78 is 0. The predicted octanol–water partition coefficient (Wildman–Crippen LogP) is 2.00. The van der Waals surface area contributed by atoms with Crippen LogP contribution >= 0.6 is 0 Å². The standard InChI is InChI=1S/C12H24N2/c1-3-11(2)14-9-6-12(7-10-14)5-4-8-13-12/h11,13H,3-10H2,1-2H3. The van der Waals surface area contributed by atoms with Gasteiger partial charge in [-0.1, -0.05) is 6.92 Å².